The van der Waals surface area contributed by atoms with Crippen LogP contribution in [0.1, 0.15) is 45.1 Å². The molecule has 0 bridgehead atoms. The highest BCUT2D eigenvalue weighted by molar-refractivity contribution is 6.34. The highest BCUT2D eigenvalue weighted by atomic mass is 35.5. The third-order valence-corrected chi connectivity index (χ3v) is 4.73. The summed E-state index contributed by atoms with van der Waals surface area (Å²) in [5, 5.41) is 2.32. The maximum Gasteiger partial charge on any atom is 0.309 e. The summed E-state index contributed by atoms with van der Waals surface area (Å²) in [7, 11) is 0. The summed E-state index contributed by atoms with van der Waals surface area (Å²) in [5.41, 5.74) is 1.02. The lowest BCUT2D eigenvalue weighted by atomic mass is 9.83. The summed E-state index contributed by atoms with van der Waals surface area (Å²) < 4.78 is 5.21. The highest BCUT2D eigenvalue weighted by Gasteiger charge is 2.26. The van der Waals surface area contributed by atoms with Gasteiger partial charge in [-0.3, -0.25) is 9.59 Å². The molecule has 0 radical (unpaired) electrons. The van der Waals surface area contributed by atoms with Crippen molar-refractivity contribution in [2.75, 3.05) is 6.61 Å². The topological polar surface area (TPSA) is 56.3 Å². The average Bonchev–Trinajstić information content (AvgIpc) is 2.61. The van der Waals surface area contributed by atoms with Crippen LogP contribution in [0.4, 0.5) is 0 Å². The van der Waals surface area contributed by atoms with Crippen molar-refractivity contribution in [3.05, 3.63) is 53.3 Å². The van der Waals surface area contributed by atoms with Gasteiger partial charge in [-0.1, -0.05) is 36.7 Å². The van der Waals surface area contributed by atoms with Crippen molar-refractivity contribution in [2.45, 2.75) is 39.5 Å². The van der Waals surface area contributed by atoms with E-state index in [9.17, 15) is 9.59 Å². The first kappa shape index (κ1) is 20.1. The Morgan fingerprint density at radius 3 is 2.77 bits per heavy atom. The van der Waals surface area contributed by atoms with Crippen LogP contribution in [-0.4, -0.2) is 23.3 Å². The predicted octanol–water partition coefficient (Wildman–Crippen LogP) is 5.10. The number of esters is 1. The summed E-state index contributed by atoms with van der Waals surface area (Å²) in [4.78, 5) is 27.5. The molecule has 138 valence electrons. The van der Waals surface area contributed by atoms with E-state index in [4.69, 9.17) is 16.3 Å². The fourth-order valence-electron chi connectivity index (χ4n) is 3.05. The molecule has 1 aromatic heterocycles. The van der Waals surface area contributed by atoms with E-state index in [0.717, 1.165) is 22.8 Å². The number of hydrogen-bond donors (Lipinski definition) is 0. The Hall–Kier alpha value is -2.20. The maximum absolute atomic E-state index is 12.3. The number of halogens is 1. The van der Waals surface area contributed by atoms with Gasteiger partial charge in [0.2, 0.25) is 0 Å². The molecule has 2 aromatic rings. The molecule has 5 heteroatoms. The molecular formula is C21H24ClNO3. The summed E-state index contributed by atoms with van der Waals surface area (Å²) in [6.45, 7) is 5.56. The normalized spacial score (nSPS) is 13.7. The van der Waals surface area contributed by atoms with E-state index in [0.29, 0.717) is 18.2 Å². The molecule has 0 aliphatic carbocycles. The molecule has 0 saturated heterocycles. The van der Waals surface area contributed by atoms with Crippen LogP contribution in [-0.2, 0) is 14.3 Å². The fourth-order valence-corrected chi connectivity index (χ4v) is 3.27. The molecule has 0 saturated carbocycles. The van der Waals surface area contributed by atoms with Gasteiger partial charge in [-0.15, -0.1) is 0 Å². The molecule has 0 aliphatic rings. The zero-order valence-electron chi connectivity index (χ0n) is 15.4. The quantitative estimate of drug-likeness (QED) is 0.367. The summed E-state index contributed by atoms with van der Waals surface area (Å²) >= 11 is 6.24. The van der Waals surface area contributed by atoms with Crippen molar-refractivity contribution in [3.8, 4) is 0 Å². The van der Waals surface area contributed by atoms with Crippen LogP contribution in [0.15, 0.2) is 42.6 Å². The lowest BCUT2D eigenvalue weighted by Crippen LogP contribution is -2.22. The highest BCUT2D eigenvalue weighted by Crippen LogP contribution is 2.33. The number of benzene rings is 1. The minimum atomic E-state index is -0.298. The van der Waals surface area contributed by atoms with Crippen molar-refractivity contribution < 1.29 is 14.3 Å². The molecule has 2 atom stereocenters. The Morgan fingerprint density at radius 1 is 1.31 bits per heavy atom. The Morgan fingerprint density at radius 2 is 2.08 bits per heavy atom. The third kappa shape index (κ3) is 5.15. The predicted molar refractivity (Wildman–Crippen MR) is 104 cm³/mol. The number of carbonyl (C=O) groups is 2. The maximum atomic E-state index is 12.3. The summed E-state index contributed by atoms with van der Waals surface area (Å²) in [6.07, 6.45) is 6.52. The number of nitrogens with zero attached hydrogens (tertiary/aromatic N) is 1. The van der Waals surface area contributed by atoms with Gasteiger partial charge in [0, 0.05) is 11.6 Å². The van der Waals surface area contributed by atoms with E-state index in [-0.39, 0.29) is 23.6 Å². The van der Waals surface area contributed by atoms with E-state index in [1.54, 1.807) is 19.2 Å². The molecule has 0 fully saturated rings. The van der Waals surface area contributed by atoms with Gasteiger partial charge in [-0.05, 0) is 61.8 Å². The van der Waals surface area contributed by atoms with Gasteiger partial charge < -0.3 is 4.74 Å². The number of ether oxygens (including phenoxy) is 1. The second kappa shape index (κ2) is 9.48. The van der Waals surface area contributed by atoms with Gasteiger partial charge in [0.05, 0.1) is 12.5 Å². The number of ketones is 1. The first-order valence-electron chi connectivity index (χ1n) is 8.82. The first-order chi connectivity index (χ1) is 12.4. The Balaban J connectivity index is 2.33. The molecule has 4 nitrogen and oxygen atoms in total. The van der Waals surface area contributed by atoms with Gasteiger partial charge in [0.25, 0.3) is 0 Å². The van der Waals surface area contributed by atoms with Crippen molar-refractivity contribution >= 4 is 34.1 Å². The lowest BCUT2D eigenvalue weighted by Gasteiger charge is -2.23. The fraction of sp³-hybridized carbons (Fsp3) is 0.381. The second-order valence-electron chi connectivity index (χ2n) is 6.32. The van der Waals surface area contributed by atoms with Crippen molar-refractivity contribution in [1.29, 1.82) is 0 Å². The van der Waals surface area contributed by atoms with Gasteiger partial charge >= 0.3 is 5.97 Å². The average molecular weight is 374 g/mol. The SMILES string of the molecule is CCOC(=O)C(C)[C@H](CC/C=C/C(C)=O)c1ccc2ccnc(Cl)c2c1. The molecule has 0 aliphatic heterocycles. The van der Waals surface area contributed by atoms with Crippen LogP contribution in [0.3, 0.4) is 0 Å². The van der Waals surface area contributed by atoms with Crippen molar-refractivity contribution in [1.82, 2.24) is 4.98 Å². The van der Waals surface area contributed by atoms with Crippen LogP contribution < -0.4 is 0 Å². The van der Waals surface area contributed by atoms with Gasteiger partial charge in [0.1, 0.15) is 5.15 Å². The van der Waals surface area contributed by atoms with E-state index in [2.05, 4.69) is 4.98 Å². The molecule has 0 N–H and O–H groups in total. The minimum Gasteiger partial charge on any atom is -0.466 e. The smallest absolute Gasteiger partial charge is 0.309 e. The largest absolute Gasteiger partial charge is 0.466 e. The van der Waals surface area contributed by atoms with E-state index >= 15 is 0 Å². The number of pyridine rings is 1. The first-order valence-corrected chi connectivity index (χ1v) is 9.19. The summed E-state index contributed by atoms with van der Waals surface area (Å²) in [6, 6.07) is 7.92. The van der Waals surface area contributed by atoms with Crippen LogP contribution in [0.2, 0.25) is 5.15 Å². The summed E-state index contributed by atoms with van der Waals surface area (Å²) in [5.74, 6) is -0.533. The van der Waals surface area contributed by atoms with Crippen molar-refractivity contribution in [2.24, 2.45) is 5.92 Å². The molecule has 0 spiro atoms. The number of rotatable bonds is 8. The molecule has 0 amide bonds. The molecule has 1 unspecified atom stereocenters. The Bertz CT molecular complexity index is 816. The number of allylic oxidation sites excluding steroid dienone is 2. The zero-order chi connectivity index (χ0) is 19.1. The number of aromatic nitrogens is 1. The second-order valence-corrected chi connectivity index (χ2v) is 6.68. The van der Waals surface area contributed by atoms with Gasteiger partial charge in [-0.2, -0.15) is 0 Å². The Kier molecular flexibility index (Phi) is 7.34. The van der Waals surface area contributed by atoms with Gasteiger partial charge in [0.15, 0.2) is 5.78 Å². The third-order valence-electron chi connectivity index (χ3n) is 4.43. The standard InChI is InChI=1S/C21H24ClNO3/c1-4-26-21(25)15(3)18(8-6-5-7-14(2)24)17-10-9-16-11-12-23-20(22)19(16)13-17/h5,7,9-13,15,18H,4,6,8H2,1-3H3/b7-5+/t15?,18-/m0/s1. The van der Waals surface area contributed by atoms with E-state index in [1.807, 2.05) is 37.3 Å². The molecular weight excluding hydrogens is 350 g/mol. The molecule has 26 heavy (non-hydrogen) atoms. The lowest BCUT2D eigenvalue weighted by molar-refractivity contribution is -0.148. The molecule has 1 heterocycles. The zero-order valence-corrected chi connectivity index (χ0v) is 16.1. The van der Waals surface area contributed by atoms with E-state index in [1.165, 1.54) is 6.92 Å². The van der Waals surface area contributed by atoms with Crippen LogP contribution >= 0.6 is 11.6 Å². The monoisotopic (exact) mass is 373 g/mol. The van der Waals surface area contributed by atoms with Gasteiger partial charge in [-0.25, -0.2) is 4.98 Å². The molecule has 2 rings (SSSR count). The van der Waals surface area contributed by atoms with Crippen LogP contribution in [0, 0.1) is 5.92 Å². The number of carbonyl (C=O) groups excluding carboxylic acids is 2. The minimum absolute atomic E-state index is 0.0172. The number of fused-ring (bicyclic) bond motifs is 1. The van der Waals surface area contributed by atoms with Crippen LogP contribution in [0.5, 0.6) is 0 Å². The van der Waals surface area contributed by atoms with Crippen LogP contribution in [0.25, 0.3) is 10.8 Å². The van der Waals surface area contributed by atoms with E-state index < -0.39 is 0 Å². The number of hydrogen-bond acceptors (Lipinski definition) is 4. The van der Waals surface area contributed by atoms with Crippen molar-refractivity contribution in [3.63, 3.8) is 0 Å². The molecule has 1 aromatic carbocycles. The Labute approximate surface area is 159 Å².